The minimum atomic E-state index is -0.274. The van der Waals surface area contributed by atoms with Crippen molar-refractivity contribution in [3.8, 4) is 5.75 Å². The second-order valence-electron chi connectivity index (χ2n) is 4.54. The van der Waals surface area contributed by atoms with Crippen LogP contribution in [0.4, 0.5) is 11.4 Å². The van der Waals surface area contributed by atoms with Gasteiger partial charge in [-0.15, -0.1) is 0 Å². The van der Waals surface area contributed by atoms with Crippen molar-refractivity contribution >= 4 is 23.1 Å². The van der Waals surface area contributed by atoms with E-state index in [1.165, 1.54) is 14.0 Å². The second-order valence-corrected chi connectivity index (χ2v) is 4.54. The Morgan fingerprint density at radius 3 is 2.24 bits per heavy atom. The lowest BCUT2D eigenvalue weighted by atomic mass is 10.1. The summed E-state index contributed by atoms with van der Waals surface area (Å²) in [5.74, 6) is 0.162. The smallest absolute Gasteiger partial charge is 0.255 e. The fraction of sp³-hybridized carbons (Fsp3) is 0.125. The Morgan fingerprint density at radius 2 is 1.67 bits per heavy atom. The number of nitrogens with two attached hydrogens (primary N) is 1. The summed E-state index contributed by atoms with van der Waals surface area (Å²) in [6.45, 7) is 1.49. The Labute approximate surface area is 122 Å². The van der Waals surface area contributed by atoms with Gasteiger partial charge in [0.05, 0.1) is 12.8 Å². The van der Waals surface area contributed by atoms with E-state index in [1.807, 2.05) is 0 Å². The van der Waals surface area contributed by atoms with Gasteiger partial charge in [0, 0.05) is 16.8 Å². The van der Waals surface area contributed by atoms with Gasteiger partial charge in [0.25, 0.3) is 5.91 Å². The molecular formula is C16H16N2O3. The number of carbonyl (C=O) groups is 2. The molecule has 0 aliphatic carbocycles. The summed E-state index contributed by atoms with van der Waals surface area (Å²) in [6, 6.07) is 11.5. The Kier molecular flexibility index (Phi) is 4.23. The highest BCUT2D eigenvalue weighted by molar-refractivity contribution is 6.05. The number of ether oxygens (including phenoxy) is 1. The molecular weight excluding hydrogens is 268 g/mol. The Bertz CT molecular complexity index is 678. The zero-order chi connectivity index (χ0) is 15.4. The van der Waals surface area contributed by atoms with Gasteiger partial charge in [-0.05, 0) is 49.4 Å². The van der Waals surface area contributed by atoms with Crippen molar-refractivity contribution in [1.29, 1.82) is 0 Å². The van der Waals surface area contributed by atoms with Crippen LogP contribution in [0.3, 0.4) is 0 Å². The average Bonchev–Trinajstić information content (AvgIpc) is 2.48. The quantitative estimate of drug-likeness (QED) is 0.668. The molecule has 0 heterocycles. The number of hydrogen-bond acceptors (Lipinski definition) is 4. The lowest BCUT2D eigenvalue weighted by molar-refractivity contribution is 0.101. The van der Waals surface area contributed by atoms with Crippen LogP contribution in [0.5, 0.6) is 5.75 Å². The molecule has 0 bridgehead atoms. The van der Waals surface area contributed by atoms with Gasteiger partial charge in [-0.25, -0.2) is 0 Å². The van der Waals surface area contributed by atoms with E-state index in [9.17, 15) is 9.59 Å². The second kappa shape index (κ2) is 6.09. The van der Waals surface area contributed by atoms with E-state index in [4.69, 9.17) is 10.5 Å². The molecule has 5 heteroatoms. The van der Waals surface area contributed by atoms with Gasteiger partial charge in [-0.1, -0.05) is 0 Å². The van der Waals surface area contributed by atoms with Gasteiger partial charge >= 0.3 is 0 Å². The SMILES string of the molecule is COc1cc(C(=O)Nc2ccc(C(C)=O)cc2)ccc1N. The van der Waals surface area contributed by atoms with E-state index in [0.717, 1.165) is 0 Å². The van der Waals surface area contributed by atoms with Crippen molar-refractivity contribution in [1.82, 2.24) is 0 Å². The van der Waals surface area contributed by atoms with Crippen LogP contribution in [0, 0.1) is 0 Å². The predicted octanol–water partition coefficient (Wildman–Crippen LogP) is 2.73. The minimum absolute atomic E-state index is 0.0175. The predicted molar refractivity (Wildman–Crippen MR) is 81.8 cm³/mol. The molecule has 0 spiro atoms. The molecule has 3 N–H and O–H groups in total. The van der Waals surface area contributed by atoms with Crippen LogP contribution < -0.4 is 15.8 Å². The molecule has 0 fully saturated rings. The highest BCUT2D eigenvalue weighted by atomic mass is 16.5. The van der Waals surface area contributed by atoms with Crippen LogP contribution in [0.1, 0.15) is 27.6 Å². The Hall–Kier alpha value is -2.82. The van der Waals surface area contributed by atoms with Gasteiger partial charge < -0.3 is 15.8 Å². The van der Waals surface area contributed by atoms with E-state index in [0.29, 0.717) is 28.3 Å². The maximum atomic E-state index is 12.1. The standard InChI is InChI=1S/C16H16N2O3/c1-10(19)11-3-6-13(7-4-11)18-16(20)12-5-8-14(17)15(9-12)21-2/h3-9H,17H2,1-2H3,(H,18,20). The van der Waals surface area contributed by atoms with Gasteiger partial charge in [0.1, 0.15) is 5.75 Å². The van der Waals surface area contributed by atoms with Crippen molar-refractivity contribution < 1.29 is 14.3 Å². The number of amides is 1. The molecule has 0 aromatic heterocycles. The summed E-state index contributed by atoms with van der Waals surface area (Å²) in [4.78, 5) is 23.3. The number of Topliss-reactive ketones (excluding diaryl/α,β-unsaturated/α-hetero) is 1. The summed E-state index contributed by atoms with van der Waals surface area (Å²) in [5.41, 5.74) is 7.83. The molecule has 0 atom stereocenters. The molecule has 0 radical (unpaired) electrons. The molecule has 2 aromatic carbocycles. The minimum Gasteiger partial charge on any atom is -0.495 e. The third-order valence-electron chi connectivity index (χ3n) is 3.04. The van der Waals surface area contributed by atoms with Crippen LogP contribution in [0.15, 0.2) is 42.5 Å². The first-order chi connectivity index (χ1) is 10.0. The first kappa shape index (κ1) is 14.6. The van der Waals surface area contributed by atoms with E-state index in [2.05, 4.69) is 5.32 Å². The number of rotatable bonds is 4. The number of hydrogen-bond donors (Lipinski definition) is 2. The molecule has 5 nitrogen and oxygen atoms in total. The molecule has 2 aromatic rings. The number of nitrogens with one attached hydrogen (secondary N) is 1. The Balaban J connectivity index is 2.15. The third-order valence-corrected chi connectivity index (χ3v) is 3.04. The van der Waals surface area contributed by atoms with Crippen molar-refractivity contribution in [2.75, 3.05) is 18.2 Å². The van der Waals surface area contributed by atoms with Crippen molar-refractivity contribution in [2.24, 2.45) is 0 Å². The summed E-state index contributed by atoms with van der Waals surface area (Å²) >= 11 is 0. The highest BCUT2D eigenvalue weighted by Gasteiger charge is 2.09. The van der Waals surface area contributed by atoms with Crippen molar-refractivity contribution in [3.05, 3.63) is 53.6 Å². The van der Waals surface area contributed by atoms with E-state index < -0.39 is 0 Å². The van der Waals surface area contributed by atoms with Gasteiger partial charge in [-0.2, -0.15) is 0 Å². The first-order valence-corrected chi connectivity index (χ1v) is 6.37. The molecule has 0 unspecified atom stereocenters. The van der Waals surface area contributed by atoms with Crippen LogP contribution in [-0.4, -0.2) is 18.8 Å². The third kappa shape index (κ3) is 3.39. The summed E-state index contributed by atoms with van der Waals surface area (Å²) in [5, 5.41) is 2.75. The lowest BCUT2D eigenvalue weighted by Gasteiger charge is -2.09. The largest absolute Gasteiger partial charge is 0.495 e. The maximum Gasteiger partial charge on any atom is 0.255 e. The van der Waals surface area contributed by atoms with Crippen molar-refractivity contribution in [3.63, 3.8) is 0 Å². The number of carbonyl (C=O) groups excluding carboxylic acids is 2. The average molecular weight is 284 g/mol. The monoisotopic (exact) mass is 284 g/mol. The zero-order valence-electron chi connectivity index (χ0n) is 11.8. The molecule has 108 valence electrons. The summed E-state index contributed by atoms with van der Waals surface area (Å²) in [7, 11) is 1.49. The van der Waals surface area contributed by atoms with E-state index >= 15 is 0 Å². The normalized spacial score (nSPS) is 10.0. The van der Waals surface area contributed by atoms with E-state index in [-0.39, 0.29) is 11.7 Å². The molecule has 0 saturated heterocycles. The van der Waals surface area contributed by atoms with E-state index in [1.54, 1.807) is 42.5 Å². The molecule has 21 heavy (non-hydrogen) atoms. The zero-order valence-corrected chi connectivity index (χ0v) is 11.8. The first-order valence-electron chi connectivity index (χ1n) is 6.37. The lowest BCUT2D eigenvalue weighted by Crippen LogP contribution is -2.12. The number of methoxy groups -OCH3 is 1. The maximum absolute atomic E-state index is 12.1. The Morgan fingerprint density at radius 1 is 1.05 bits per heavy atom. The van der Waals surface area contributed by atoms with Gasteiger partial charge in [-0.3, -0.25) is 9.59 Å². The molecule has 0 aliphatic heterocycles. The van der Waals surface area contributed by atoms with Crippen molar-refractivity contribution in [2.45, 2.75) is 6.92 Å². The molecule has 2 rings (SSSR count). The van der Waals surface area contributed by atoms with Gasteiger partial charge in [0.2, 0.25) is 0 Å². The summed E-state index contributed by atoms with van der Waals surface area (Å²) in [6.07, 6.45) is 0. The van der Waals surface area contributed by atoms with Crippen LogP contribution >= 0.6 is 0 Å². The summed E-state index contributed by atoms with van der Waals surface area (Å²) < 4.78 is 5.09. The van der Waals surface area contributed by atoms with Crippen LogP contribution in [0.25, 0.3) is 0 Å². The highest BCUT2D eigenvalue weighted by Crippen LogP contribution is 2.22. The number of benzene rings is 2. The van der Waals surface area contributed by atoms with Crippen LogP contribution in [-0.2, 0) is 0 Å². The molecule has 0 saturated carbocycles. The number of nitrogen functional groups attached to an aromatic ring is 1. The number of anilines is 2. The fourth-order valence-electron chi connectivity index (χ4n) is 1.84. The van der Waals surface area contributed by atoms with Gasteiger partial charge in [0.15, 0.2) is 5.78 Å². The molecule has 1 amide bonds. The van der Waals surface area contributed by atoms with Crippen LogP contribution in [0.2, 0.25) is 0 Å². The number of ketones is 1. The molecule has 0 aliphatic rings. The topological polar surface area (TPSA) is 81.4 Å². The fourth-order valence-corrected chi connectivity index (χ4v) is 1.84.